The zero-order valence-corrected chi connectivity index (χ0v) is 14.8. The molecule has 0 aliphatic carbocycles. The molecule has 6 nitrogen and oxygen atoms in total. The fourth-order valence-corrected chi connectivity index (χ4v) is 3.41. The number of amides is 1. The van der Waals surface area contributed by atoms with Gasteiger partial charge in [0.25, 0.3) is 5.91 Å². The lowest BCUT2D eigenvalue weighted by Gasteiger charge is -2.24. The number of thiazole rings is 1. The monoisotopic (exact) mass is 346 g/mol. The van der Waals surface area contributed by atoms with Gasteiger partial charge < -0.3 is 15.0 Å². The highest BCUT2D eigenvalue weighted by Crippen LogP contribution is 2.18. The van der Waals surface area contributed by atoms with Crippen LogP contribution in [-0.2, 0) is 17.7 Å². The predicted octanol–water partition coefficient (Wildman–Crippen LogP) is 2.26. The van der Waals surface area contributed by atoms with E-state index in [1.54, 1.807) is 17.5 Å². The maximum absolute atomic E-state index is 12.2. The Morgan fingerprint density at radius 1 is 1.50 bits per heavy atom. The van der Waals surface area contributed by atoms with Crippen molar-refractivity contribution in [2.45, 2.75) is 32.4 Å². The predicted molar refractivity (Wildman–Crippen MR) is 94.5 cm³/mol. The zero-order valence-electron chi connectivity index (χ0n) is 14.0. The first-order valence-corrected chi connectivity index (χ1v) is 9.03. The molecule has 0 spiro atoms. The van der Waals surface area contributed by atoms with Crippen molar-refractivity contribution >= 4 is 23.1 Å². The summed E-state index contributed by atoms with van der Waals surface area (Å²) in [7, 11) is 2.01. The summed E-state index contributed by atoms with van der Waals surface area (Å²) in [6, 6.07) is 4.05. The van der Waals surface area contributed by atoms with E-state index < -0.39 is 0 Å². The lowest BCUT2D eigenvalue weighted by atomic mass is 10.2. The number of hydrogen-bond acceptors (Lipinski definition) is 6. The van der Waals surface area contributed by atoms with Crippen LogP contribution < -0.4 is 10.2 Å². The zero-order chi connectivity index (χ0) is 16.9. The van der Waals surface area contributed by atoms with Gasteiger partial charge in [-0.3, -0.25) is 4.79 Å². The molecule has 1 amide bonds. The second kappa shape index (κ2) is 7.72. The van der Waals surface area contributed by atoms with Crippen LogP contribution in [0, 0.1) is 0 Å². The molecule has 1 N–H and O–H groups in total. The van der Waals surface area contributed by atoms with E-state index in [0.717, 1.165) is 42.6 Å². The van der Waals surface area contributed by atoms with Crippen molar-refractivity contribution < 1.29 is 9.53 Å². The molecule has 1 aliphatic heterocycles. The lowest BCUT2D eigenvalue weighted by molar-refractivity contribution is 0.0950. The minimum absolute atomic E-state index is 0.130. The molecule has 0 radical (unpaired) electrons. The maximum Gasteiger partial charge on any atom is 0.253 e. The van der Waals surface area contributed by atoms with Gasteiger partial charge in [-0.2, -0.15) is 0 Å². The largest absolute Gasteiger partial charge is 0.379 e. The molecule has 24 heavy (non-hydrogen) atoms. The van der Waals surface area contributed by atoms with Crippen LogP contribution >= 0.6 is 11.3 Å². The maximum atomic E-state index is 12.2. The fraction of sp³-hybridized carbons (Fsp3) is 0.471. The number of pyridine rings is 1. The molecule has 1 aliphatic rings. The average molecular weight is 346 g/mol. The summed E-state index contributed by atoms with van der Waals surface area (Å²) in [5, 5.41) is 5.84. The van der Waals surface area contributed by atoms with E-state index >= 15 is 0 Å². The van der Waals surface area contributed by atoms with Gasteiger partial charge in [0.15, 0.2) is 0 Å². The summed E-state index contributed by atoms with van der Waals surface area (Å²) in [6.07, 6.45) is 3.54. The Hall–Kier alpha value is -1.99. The van der Waals surface area contributed by atoms with E-state index in [4.69, 9.17) is 4.74 Å². The molecular weight excluding hydrogens is 324 g/mol. The van der Waals surface area contributed by atoms with Gasteiger partial charge in [0.05, 0.1) is 30.5 Å². The second-order valence-corrected chi connectivity index (χ2v) is 6.74. The topological polar surface area (TPSA) is 67.4 Å². The first-order valence-electron chi connectivity index (χ1n) is 8.15. The summed E-state index contributed by atoms with van der Waals surface area (Å²) in [4.78, 5) is 23.2. The van der Waals surface area contributed by atoms with E-state index in [2.05, 4.69) is 27.1 Å². The smallest absolute Gasteiger partial charge is 0.253 e. The second-order valence-electron chi connectivity index (χ2n) is 5.80. The van der Waals surface area contributed by atoms with Crippen LogP contribution in [0.15, 0.2) is 23.7 Å². The van der Waals surface area contributed by atoms with Crippen molar-refractivity contribution in [3.63, 3.8) is 0 Å². The molecule has 1 saturated heterocycles. The standard InChI is InChI=1S/C17H22N4O2S/c1-3-13-11-24-16(20-13)9-19-17(22)12-4-5-15(18-8-12)21(2)14-6-7-23-10-14/h4-5,8,11,14H,3,6-7,9-10H2,1-2H3,(H,19,22)/t14-/m0/s1. The molecule has 0 saturated carbocycles. The summed E-state index contributed by atoms with van der Waals surface area (Å²) < 4.78 is 5.41. The molecule has 2 aromatic rings. The van der Waals surface area contributed by atoms with Crippen LogP contribution in [0.5, 0.6) is 0 Å². The van der Waals surface area contributed by atoms with Gasteiger partial charge >= 0.3 is 0 Å². The lowest BCUT2D eigenvalue weighted by Crippen LogP contribution is -2.32. The number of carbonyl (C=O) groups is 1. The molecule has 7 heteroatoms. The van der Waals surface area contributed by atoms with E-state index in [1.807, 2.05) is 24.6 Å². The number of nitrogens with one attached hydrogen (secondary N) is 1. The number of anilines is 1. The SMILES string of the molecule is CCc1csc(CNC(=O)c2ccc(N(C)[C@H]3CCOC3)nc2)n1. The van der Waals surface area contributed by atoms with Crippen molar-refractivity contribution in [3.05, 3.63) is 40.0 Å². The van der Waals surface area contributed by atoms with Crippen molar-refractivity contribution in [3.8, 4) is 0 Å². The summed E-state index contributed by atoms with van der Waals surface area (Å²) >= 11 is 1.57. The Morgan fingerprint density at radius 3 is 3.00 bits per heavy atom. The molecule has 0 unspecified atom stereocenters. The summed E-state index contributed by atoms with van der Waals surface area (Å²) in [5.41, 5.74) is 1.62. The van der Waals surface area contributed by atoms with Crippen LogP contribution in [0.4, 0.5) is 5.82 Å². The Labute approximate surface area is 145 Å². The van der Waals surface area contributed by atoms with Gasteiger partial charge in [0.2, 0.25) is 0 Å². The Kier molecular flexibility index (Phi) is 5.42. The van der Waals surface area contributed by atoms with Crippen LogP contribution in [0.3, 0.4) is 0 Å². The van der Waals surface area contributed by atoms with Crippen LogP contribution in [0.25, 0.3) is 0 Å². The number of aromatic nitrogens is 2. The van der Waals surface area contributed by atoms with E-state index in [0.29, 0.717) is 18.2 Å². The highest BCUT2D eigenvalue weighted by Gasteiger charge is 2.21. The number of aryl methyl sites for hydroxylation is 1. The highest BCUT2D eigenvalue weighted by molar-refractivity contribution is 7.09. The van der Waals surface area contributed by atoms with E-state index in [9.17, 15) is 4.79 Å². The minimum atomic E-state index is -0.130. The van der Waals surface area contributed by atoms with Crippen LogP contribution in [0.2, 0.25) is 0 Å². The molecular formula is C17H22N4O2S. The molecule has 1 fully saturated rings. The molecule has 1 atom stereocenters. The van der Waals surface area contributed by atoms with Crippen molar-refractivity contribution in [2.75, 3.05) is 25.2 Å². The molecule has 0 bridgehead atoms. The first kappa shape index (κ1) is 16.9. The fourth-order valence-electron chi connectivity index (χ4n) is 2.59. The van der Waals surface area contributed by atoms with Crippen LogP contribution in [0.1, 0.15) is 34.4 Å². The average Bonchev–Trinajstić information content (AvgIpc) is 3.30. The van der Waals surface area contributed by atoms with Gasteiger partial charge in [0.1, 0.15) is 10.8 Å². The number of nitrogens with zero attached hydrogens (tertiary/aromatic N) is 3. The van der Waals surface area contributed by atoms with Gasteiger partial charge in [-0.25, -0.2) is 9.97 Å². The quantitative estimate of drug-likeness (QED) is 0.869. The molecule has 3 heterocycles. The number of carbonyl (C=O) groups excluding carboxylic acids is 1. The Balaban J connectivity index is 1.57. The first-order chi connectivity index (χ1) is 11.7. The number of ether oxygens (including phenoxy) is 1. The number of rotatable bonds is 6. The third-order valence-corrected chi connectivity index (χ3v) is 5.08. The molecule has 3 rings (SSSR count). The Bertz CT molecular complexity index is 680. The highest BCUT2D eigenvalue weighted by atomic mass is 32.1. The minimum Gasteiger partial charge on any atom is -0.379 e. The van der Waals surface area contributed by atoms with Gasteiger partial charge in [-0.15, -0.1) is 11.3 Å². The van der Waals surface area contributed by atoms with Gasteiger partial charge in [0, 0.05) is 25.2 Å². The van der Waals surface area contributed by atoms with Crippen molar-refractivity contribution in [2.24, 2.45) is 0 Å². The Morgan fingerprint density at radius 2 is 2.38 bits per heavy atom. The van der Waals surface area contributed by atoms with E-state index in [-0.39, 0.29) is 5.91 Å². The third-order valence-electron chi connectivity index (χ3n) is 4.19. The number of likely N-dealkylation sites (N-methyl/N-ethyl adjacent to an activating group) is 1. The van der Waals surface area contributed by atoms with Gasteiger partial charge in [-0.05, 0) is 25.0 Å². The number of hydrogen-bond donors (Lipinski definition) is 1. The van der Waals surface area contributed by atoms with E-state index in [1.165, 1.54) is 0 Å². The third kappa shape index (κ3) is 3.91. The van der Waals surface area contributed by atoms with Crippen LogP contribution in [-0.4, -0.2) is 42.2 Å². The summed E-state index contributed by atoms with van der Waals surface area (Å²) in [5.74, 6) is 0.726. The molecule has 2 aromatic heterocycles. The molecule has 0 aromatic carbocycles. The van der Waals surface area contributed by atoms with Gasteiger partial charge in [-0.1, -0.05) is 6.92 Å². The molecule has 128 valence electrons. The van der Waals surface area contributed by atoms with Crippen molar-refractivity contribution in [1.82, 2.24) is 15.3 Å². The van der Waals surface area contributed by atoms with Crippen molar-refractivity contribution in [1.29, 1.82) is 0 Å². The summed E-state index contributed by atoms with van der Waals surface area (Å²) in [6.45, 7) is 4.05. The normalized spacial score (nSPS) is 17.0.